The van der Waals surface area contributed by atoms with E-state index in [0.717, 1.165) is 17.1 Å². The molecule has 0 saturated heterocycles. The third kappa shape index (κ3) is 4.34. The highest BCUT2D eigenvalue weighted by Crippen LogP contribution is 2.29. The molecule has 0 unspecified atom stereocenters. The first-order valence-electron chi connectivity index (χ1n) is 7.75. The van der Waals surface area contributed by atoms with Gasteiger partial charge in [0.25, 0.3) is 5.91 Å². The van der Waals surface area contributed by atoms with Crippen LogP contribution in [0.25, 0.3) is 0 Å². The van der Waals surface area contributed by atoms with Crippen LogP contribution < -0.4 is 14.8 Å². The molecule has 0 fully saturated rings. The van der Waals surface area contributed by atoms with Gasteiger partial charge in [0.05, 0.1) is 7.11 Å². The Labute approximate surface area is 153 Å². The zero-order chi connectivity index (χ0) is 18.4. The van der Waals surface area contributed by atoms with Crippen LogP contribution in [0.4, 0.5) is 4.39 Å². The first-order chi connectivity index (χ1) is 12.7. The predicted octanol–water partition coefficient (Wildman–Crippen LogP) is 3.19. The van der Waals surface area contributed by atoms with E-state index in [2.05, 4.69) is 14.9 Å². The van der Waals surface area contributed by atoms with Crippen LogP contribution in [-0.4, -0.2) is 22.6 Å². The van der Waals surface area contributed by atoms with E-state index in [-0.39, 0.29) is 24.0 Å². The first kappa shape index (κ1) is 17.8. The number of rotatable bonds is 7. The largest absolute Gasteiger partial charge is 0.493 e. The standard InChI is InChI=1S/C18H16FN3O3S/c1-24-17-8-12(9-20-18(23)15-11-26-22-21-15)6-7-16(17)25-10-13-4-2-3-5-14(13)19/h2-8,11H,9-10H2,1H3,(H,20,23). The summed E-state index contributed by atoms with van der Waals surface area (Å²) in [6, 6.07) is 11.7. The number of halogens is 1. The van der Waals surface area contributed by atoms with E-state index in [9.17, 15) is 9.18 Å². The number of carbonyl (C=O) groups excluding carboxylic acids is 1. The van der Waals surface area contributed by atoms with Gasteiger partial charge in [-0.15, -0.1) is 5.10 Å². The van der Waals surface area contributed by atoms with Crippen molar-refractivity contribution in [2.75, 3.05) is 7.11 Å². The molecule has 1 N–H and O–H groups in total. The van der Waals surface area contributed by atoms with Gasteiger partial charge in [-0.1, -0.05) is 28.8 Å². The summed E-state index contributed by atoms with van der Waals surface area (Å²) in [6.45, 7) is 0.399. The van der Waals surface area contributed by atoms with Crippen LogP contribution in [0.5, 0.6) is 11.5 Å². The summed E-state index contributed by atoms with van der Waals surface area (Å²) in [5, 5.41) is 8.05. The van der Waals surface area contributed by atoms with Gasteiger partial charge in [-0.3, -0.25) is 4.79 Å². The van der Waals surface area contributed by atoms with Gasteiger partial charge in [-0.2, -0.15) is 0 Å². The third-order valence-electron chi connectivity index (χ3n) is 3.61. The number of nitrogens with zero attached hydrogens (tertiary/aromatic N) is 2. The molecular formula is C18H16FN3O3S. The van der Waals surface area contributed by atoms with Crippen LogP contribution in [0.2, 0.25) is 0 Å². The Bertz CT molecular complexity index is 887. The second-order valence-corrected chi connectivity index (χ2v) is 5.95. The fourth-order valence-electron chi connectivity index (χ4n) is 2.25. The monoisotopic (exact) mass is 373 g/mol. The summed E-state index contributed by atoms with van der Waals surface area (Å²) in [7, 11) is 1.52. The average molecular weight is 373 g/mol. The highest BCUT2D eigenvalue weighted by atomic mass is 32.1. The van der Waals surface area contributed by atoms with Gasteiger partial charge in [-0.05, 0) is 35.3 Å². The number of benzene rings is 2. The van der Waals surface area contributed by atoms with E-state index < -0.39 is 0 Å². The third-order valence-corrected chi connectivity index (χ3v) is 4.12. The van der Waals surface area contributed by atoms with E-state index in [0.29, 0.717) is 23.6 Å². The lowest BCUT2D eigenvalue weighted by molar-refractivity contribution is 0.0946. The van der Waals surface area contributed by atoms with E-state index >= 15 is 0 Å². The molecule has 1 aromatic heterocycles. The molecule has 1 heterocycles. The molecule has 0 bridgehead atoms. The molecule has 0 aliphatic carbocycles. The molecular weight excluding hydrogens is 357 g/mol. The molecule has 0 aliphatic rings. The lowest BCUT2D eigenvalue weighted by Crippen LogP contribution is -2.23. The summed E-state index contributed by atoms with van der Waals surface area (Å²) in [4.78, 5) is 11.9. The van der Waals surface area contributed by atoms with Crippen LogP contribution in [0.1, 0.15) is 21.6 Å². The zero-order valence-electron chi connectivity index (χ0n) is 13.9. The number of amides is 1. The lowest BCUT2D eigenvalue weighted by atomic mass is 10.2. The van der Waals surface area contributed by atoms with Crippen LogP contribution >= 0.6 is 11.5 Å². The average Bonchev–Trinajstić information content (AvgIpc) is 3.20. The first-order valence-corrected chi connectivity index (χ1v) is 8.59. The maximum atomic E-state index is 13.7. The Morgan fingerprint density at radius 3 is 2.81 bits per heavy atom. The van der Waals surface area contributed by atoms with Gasteiger partial charge in [0.2, 0.25) is 0 Å². The van der Waals surface area contributed by atoms with Crippen molar-refractivity contribution in [1.29, 1.82) is 0 Å². The van der Waals surface area contributed by atoms with Crippen LogP contribution in [0.15, 0.2) is 47.8 Å². The lowest BCUT2D eigenvalue weighted by Gasteiger charge is -2.13. The molecule has 0 radical (unpaired) electrons. The minimum absolute atomic E-state index is 0.0932. The molecule has 2 aromatic carbocycles. The summed E-state index contributed by atoms with van der Waals surface area (Å²) >= 11 is 1.12. The number of aromatic nitrogens is 2. The van der Waals surface area contributed by atoms with Crippen molar-refractivity contribution in [3.05, 3.63) is 70.5 Å². The van der Waals surface area contributed by atoms with E-state index in [1.807, 2.05) is 0 Å². The van der Waals surface area contributed by atoms with Crippen LogP contribution in [0, 0.1) is 5.82 Å². The van der Waals surface area contributed by atoms with Crippen molar-refractivity contribution in [2.24, 2.45) is 0 Å². The fourth-order valence-corrected chi connectivity index (χ4v) is 2.68. The van der Waals surface area contributed by atoms with E-state index in [1.54, 1.807) is 41.8 Å². The van der Waals surface area contributed by atoms with Gasteiger partial charge in [0, 0.05) is 17.5 Å². The normalized spacial score (nSPS) is 10.4. The van der Waals surface area contributed by atoms with Gasteiger partial charge < -0.3 is 14.8 Å². The van der Waals surface area contributed by atoms with Gasteiger partial charge in [0.15, 0.2) is 17.2 Å². The second kappa shape index (κ2) is 8.39. The van der Waals surface area contributed by atoms with Crippen molar-refractivity contribution in [3.8, 4) is 11.5 Å². The molecule has 1 amide bonds. The quantitative estimate of drug-likeness (QED) is 0.689. The van der Waals surface area contributed by atoms with E-state index in [1.165, 1.54) is 13.2 Å². The highest BCUT2D eigenvalue weighted by Gasteiger charge is 2.11. The van der Waals surface area contributed by atoms with Gasteiger partial charge >= 0.3 is 0 Å². The van der Waals surface area contributed by atoms with Gasteiger partial charge in [-0.25, -0.2) is 4.39 Å². The van der Waals surface area contributed by atoms with Gasteiger partial charge in [0.1, 0.15) is 12.4 Å². The smallest absolute Gasteiger partial charge is 0.273 e. The van der Waals surface area contributed by atoms with Crippen LogP contribution in [0.3, 0.4) is 0 Å². The van der Waals surface area contributed by atoms with Crippen molar-refractivity contribution in [2.45, 2.75) is 13.2 Å². The molecule has 0 saturated carbocycles. The number of hydrogen-bond donors (Lipinski definition) is 1. The highest BCUT2D eigenvalue weighted by molar-refractivity contribution is 7.03. The molecule has 0 atom stereocenters. The van der Waals surface area contributed by atoms with E-state index in [4.69, 9.17) is 9.47 Å². The Hall–Kier alpha value is -3.00. The zero-order valence-corrected chi connectivity index (χ0v) is 14.8. The summed E-state index contributed by atoms with van der Waals surface area (Å²) in [5.74, 6) is 0.387. The molecule has 0 aliphatic heterocycles. The molecule has 0 spiro atoms. The molecule has 26 heavy (non-hydrogen) atoms. The van der Waals surface area contributed by atoms with Crippen molar-refractivity contribution >= 4 is 17.4 Å². The summed E-state index contributed by atoms with van der Waals surface area (Å²) in [5.41, 5.74) is 1.58. The molecule has 8 heteroatoms. The van der Waals surface area contributed by atoms with Crippen molar-refractivity contribution < 1.29 is 18.7 Å². The molecule has 3 rings (SSSR count). The van der Waals surface area contributed by atoms with Crippen LogP contribution in [-0.2, 0) is 13.2 Å². The number of hydrogen-bond acceptors (Lipinski definition) is 6. The second-order valence-electron chi connectivity index (χ2n) is 5.34. The minimum Gasteiger partial charge on any atom is -0.493 e. The predicted molar refractivity (Wildman–Crippen MR) is 94.8 cm³/mol. The summed E-state index contributed by atoms with van der Waals surface area (Å²) in [6.07, 6.45) is 0. The number of nitrogens with one attached hydrogen (secondary N) is 1. The maximum Gasteiger partial charge on any atom is 0.273 e. The Balaban J connectivity index is 1.64. The number of carbonyl (C=O) groups is 1. The van der Waals surface area contributed by atoms with Crippen molar-refractivity contribution in [1.82, 2.24) is 14.9 Å². The Morgan fingerprint density at radius 2 is 2.08 bits per heavy atom. The Kier molecular flexibility index (Phi) is 5.75. The minimum atomic E-state index is -0.317. The fraction of sp³-hybridized carbons (Fsp3) is 0.167. The number of methoxy groups -OCH3 is 1. The topological polar surface area (TPSA) is 73.3 Å². The molecule has 3 aromatic rings. The Morgan fingerprint density at radius 1 is 1.23 bits per heavy atom. The summed E-state index contributed by atoms with van der Waals surface area (Å²) < 4.78 is 28.3. The SMILES string of the molecule is COc1cc(CNC(=O)c2csnn2)ccc1OCc1ccccc1F. The molecule has 134 valence electrons. The van der Waals surface area contributed by atoms with Crippen molar-refractivity contribution in [3.63, 3.8) is 0 Å². The number of ether oxygens (including phenoxy) is 2. The molecule has 6 nitrogen and oxygen atoms in total. The maximum absolute atomic E-state index is 13.7.